The van der Waals surface area contributed by atoms with Crippen LogP contribution in [0.3, 0.4) is 0 Å². The van der Waals surface area contributed by atoms with E-state index >= 15 is 0 Å². The third kappa shape index (κ3) is 4.37. The van der Waals surface area contributed by atoms with Gasteiger partial charge in [0, 0.05) is 12.4 Å². The summed E-state index contributed by atoms with van der Waals surface area (Å²) in [5.74, 6) is -1.16. The molecule has 0 bridgehead atoms. The van der Waals surface area contributed by atoms with Gasteiger partial charge in [-0.25, -0.2) is 9.59 Å². The number of carbonyl (C=O) groups excluding carboxylic acids is 1. The molecule has 1 rings (SSSR count). The van der Waals surface area contributed by atoms with E-state index in [1.807, 2.05) is 0 Å². The lowest BCUT2D eigenvalue weighted by molar-refractivity contribution is -0.139. The molecule has 0 radical (unpaired) electrons. The number of hydrogen-bond acceptors (Lipinski definition) is 4. The average molecular weight is 239 g/mol. The molecule has 0 aliphatic heterocycles. The van der Waals surface area contributed by atoms with Crippen molar-refractivity contribution in [3.63, 3.8) is 0 Å². The molecule has 7 heteroatoms. The normalized spacial score (nSPS) is 11.5. The number of ether oxygens (including phenoxy) is 1. The predicted molar refractivity (Wildman–Crippen MR) is 58.3 cm³/mol. The van der Waals surface area contributed by atoms with Crippen molar-refractivity contribution in [3.8, 4) is 0 Å². The zero-order chi connectivity index (χ0) is 12.7. The highest BCUT2D eigenvalue weighted by Crippen LogP contribution is 1.93. The Kier molecular flexibility index (Phi) is 4.74. The van der Waals surface area contributed by atoms with Crippen molar-refractivity contribution in [2.24, 2.45) is 0 Å². The minimum absolute atomic E-state index is 0.0277. The third-order valence-corrected chi connectivity index (χ3v) is 1.85. The van der Waals surface area contributed by atoms with Crippen LogP contribution in [-0.4, -0.2) is 39.6 Å². The molecule has 1 heterocycles. The Bertz CT molecular complexity index is 388. The summed E-state index contributed by atoms with van der Waals surface area (Å²) in [5, 5.41) is 15.0. The largest absolute Gasteiger partial charge is 0.480 e. The number of amides is 1. The van der Waals surface area contributed by atoms with Gasteiger partial charge in [-0.2, -0.15) is 5.10 Å². The van der Waals surface area contributed by atoms with Crippen LogP contribution in [0.4, 0.5) is 4.79 Å². The van der Waals surface area contributed by atoms with Gasteiger partial charge in [0.25, 0.3) is 0 Å². The molecule has 1 aromatic rings. The van der Waals surface area contributed by atoms with Gasteiger partial charge >= 0.3 is 12.1 Å². The van der Waals surface area contributed by atoms with E-state index < -0.39 is 18.1 Å². The van der Waals surface area contributed by atoms with E-state index in [9.17, 15) is 9.59 Å². The van der Waals surface area contributed by atoms with Gasteiger partial charge in [0.15, 0.2) is 0 Å². The molecule has 0 aliphatic carbocycles. The van der Waals surface area contributed by atoms with E-state index in [2.05, 4.69) is 21.7 Å². The second kappa shape index (κ2) is 6.31. The highest BCUT2D eigenvalue weighted by atomic mass is 16.5. The summed E-state index contributed by atoms with van der Waals surface area (Å²) in [7, 11) is 0. The lowest BCUT2D eigenvalue weighted by atomic mass is 10.3. The molecule has 1 atom stereocenters. The molecule has 1 aromatic heterocycles. The molecule has 0 saturated carbocycles. The van der Waals surface area contributed by atoms with Crippen LogP contribution in [0.1, 0.15) is 0 Å². The minimum Gasteiger partial charge on any atom is -0.480 e. The number of carboxylic acid groups (broad SMARTS) is 1. The molecule has 0 aliphatic rings. The third-order valence-electron chi connectivity index (χ3n) is 1.85. The van der Waals surface area contributed by atoms with Gasteiger partial charge in [-0.05, 0) is 6.07 Å². The average Bonchev–Trinajstić information content (AvgIpc) is 2.78. The SMILES string of the molecule is C=CCOC(=O)NC(Cn1cccn1)C(=O)O. The number of alkyl carbamates (subject to hydrolysis) is 1. The maximum absolute atomic E-state index is 11.2. The zero-order valence-electron chi connectivity index (χ0n) is 9.07. The first-order chi connectivity index (χ1) is 8.13. The van der Waals surface area contributed by atoms with Gasteiger partial charge in [0.1, 0.15) is 12.6 Å². The minimum atomic E-state index is -1.16. The topological polar surface area (TPSA) is 93.5 Å². The van der Waals surface area contributed by atoms with E-state index in [-0.39, 0.29) is 13.2 Å². The molecular weight excluding hydrogens is 226 g/mol. The molecule has 7 nitrogen and oxygen atoms in total. The second-order valence-corrected chi connectivity index (χ2v) is 3.15. The van der Waals surface area contributed by atoms with Gasteiger partial charge in [0.2, 0.25) is 0 Å². The van der Waals surface area contributed by atoms with E-state index in [1.165, 1.54) is 17.0 Å². The maximum Gasteiger partial charge on any atom is 0.408 e. The fraction of sp³-hybridized carbons (Fsp3) is 0.300. The summed E-state index contributed by atoms with van der Waals surface area (Å²) < 4.78 is 6.04. The first-order valence-corrected chi connectivity index (χ1v) is 4.88. The number of carbonyl (C=O) groups is 2. The van der Waals surface area contributed by atoms with Crippen LogP contribution in [0.25, 0.3) is 0 Å². The first-order valence-electron chi connectivity index (χ1n) is 4.88. The first kappa shape index (κ1) is 12.8. The Morgan fingerprint density at radius 3 is 2.94 bits per heavy atom. The molecular formula is C10H13N3O4. The molecule has 1 amide bonds. The van der Waals surface area contributed by atoms with Crippen LogP contribution >= 0.6 is 0 Å². The fourth-order valence-electron chi connectivity index (χ4n) is 1.10. The molecule has 0 fully saturated rings. The highest BCUT2D eigenvalue weighted by molar-refractivity contribution is 5.79. The molecule has 0 aromatic carbocycles. The number of aliphatic carboxylic acids is 1. The smallest absolute Gasteiger partial charge is 0.408 e. The number of rotatable bonds is 6. The number of aromatic nitrogens is 2. The summed E-state index contributed by atoms with van der Waals surface area (Å²) in [6.45, 7) is 3.43. The van der Waals surface area contributed by atoms with Crippen LogP contribution in [0.2, 0.25) is 0 Å². The quantitative estimate of drug-likeness (QED) is 0.694. The predicted octanol–water partition coefficient (Wildman–Crippen LogP) is 0.249. The molecule has 2 N–H and O–H groups in total. The van der Waals surface area contributed by atoms with Crippen molar-refractivity contribution in [1.82, 2.24) is 15.1 Å². The summed E-state index contributed by atoms with van der Waals surface area (Å²) in [6.07, 6.45) is 3.72. The monoisotopic (exact) mass is 239 g/mol. The number of nitrogens with zero attached hydrogens (tertiary/aromatic N) is 2. The van der Waals surface area contributed by atoms with Crippen LogP contribution in [-0.2, 0) is 16.1 Å². The lowest BCUT2D eigenvalue weighted by Gasteiger charge is -2.14. The Morgan fingerprint density at radius 2 is 2.41 bits per heavy atom. The standard InChI is InChI=1S/C10H13N3O4/c1-2-6-17-10(16)12-8(9(14)15)7-13-5-3-4-11-13/h2-5,8H,1,6-7H2,(H,12,16)(H,14,15). The van der Waals surface area contributed by atoms with Crippen LogP contribution in [0.5, 0.6) is 0 Å². The van der Waals surface area contributed by atoms with Crippen LogP contribution in [0, 0.1) is 0 Å². The molecule has 1 unspecified atom stereocenters. The Morgan fingerprint density at radius 1 is 1.65 bits per heavy atom. The van der Waals surface area contributed by atoms with Crippen molar-refractivity contribution in [2.75, 3.05) is 6.61 Å². The van der Waals surface area contributed by atoms with Gasteiger partial charge in [-0.1, -0.05) is 12.7 Å². The Balaban J connectivity index is 2.51. The Labute approximate surface area is 97.7 Å². The summed E-state index contributed by atoms with van der Waals surface area (Å²) >= 11 is 0. The van der Waals surface area contributed by atoms with Crippen molar-refractivity contribution < 1.29 is 19.4 Å². The van der Waals surface area contributed by atoms with Crippen molar-refractivity contribution in [3.05, 3.63) is 31.1 Å². The fourth-order valence-corrected chi connectivity index (χ4v) is 1.10. The van der Waals surface area contributed by atoms with Crippen molar-refractivity contribution in [1.29, 1.82) is 0 Å². The zero-order valence-corrected chi connectivity index (χ0v) is 9.07. The molecule has 0 saturated heterocycles. The van der Waals surface area contributed by atoms with Gasteiger partial charge in [-0.15, -0.1) is 0 Å². The van der Waals surface area contributed by atoms with E-state index in [0.29, 0.717) is 0 Å². The van der Waals surface area contributed by atoms with Gasteiger partial charge in [-0.3, -0.25) is 4.68 Å². The lowest BCUT2D eigenvalue weighted by Crippen LogP contribution is -2.44. The van der Waals surface area contributed by atoms with Crippen molar-refractivity contribution >= 4 is 12.1 Å². The van der Waals surface area contributed by atoms with Gasteiger partial charge < -0.3 is 15.2 Å². The highest BCUT2D eigenvalue weighted by Gasteiger charge is 2.21. The summed E-state index contributed by atoms with van der Waals surface area (Å²) in [5.41, 5.74) is 0. The second-order valence-electron chi connectivity index (χ2n) is 3.15. The molecule has 17 heavy (non-hydrogen) atoms. The summed E-state index contributed by atoms with van der Waals surface area (Å²) in [4.78, 5) is 22.1. The van der Waals surface area contributed by atoms with Crippen molar-refractivity contribution in [2.45, 2.75) is 12.6 Å². The van der Waals surface area contributed by atoms with E-state index in [1.54, 1.807) is 12.3 Å². The molecule has 0 spiro atoms. The van der Waals surface area contributed by atoms with E-state index in [4.69, 9.17) is 5.11 Å². The Hall–Kier alpha value is -2.31. The van der Waals surface area contributed by atoms with Crippen LogP contribution < -0.4 is 5.32 Å². The number of nitrogens with one attached hydrogen (secondary N) is 1. The van der Waals surface area contributed by atoms with Crippen LogP contribution in [0.15, 0.2) is 31.1 Å². The number of carboxylic acids is 1. The van der Waals surface area contributed by atoms with E-state index in [0.717, 1.165) is 0 Å². The summed E-state index contributed by atoms with van der Waals surface area (Å²) in [6, 6.07) is 0.571. The molecule has 92 valence electrons. The maximum atomic E-state index is 11.2. The number of hydrogen-bond donors (Lipinski definition) is 2. The van der Waals surface area contributed by atoms with Gasteiger partial charge in [0.05, 0.1) is 6.54 Å².